The maximum Gasteiger partial charge on any atom is 0.119 e. The van der Waals surface area contributed by atoms with Crippen molar-refractivity contribution in [3.63, 3.8) is 0 Å². The Morgan fingerprint density at radius 2 is 1.70 bits per heavy atom. The van der Waals surface area contributed by atoms with Crippen LogP contribution in [0.25, 0.3) is 0 Å². The van der Waals surface area contributed by atoms with Gasteiger partial charge in [0.25, 0.3) is 0 Å². The minimum atomic E-state index is -0.160. The van der Waals surface area contributed by atoms with Gasteiger partial charge in [0.2, 0.25) is 0 Å². The highest BCUT2D eigenvalue weighted by atomic mass is 16.3. The molecule has 0 aliphatic carbocycles. The van der Waals surface area contributed by atoms with Gasteiger partial charge < -0.3 is 5.11 Å². The summed E-state index contributed by atoms with van der Waals surface area (Å²) >= 11 is 0. The van der Waals surface area contributed by atoms with E-state index in [2.05, 4.69) is 57.2 Å². The molecule has 0 bridgehead atoms. The van der Waals surface area contributed by atoms with E-state index in [0.29, 0.717) is 11.7 Å². The largest absolute Gasteiger partial charge is 0.508 e. The number of phenols is 1. The predicted octanol–water partition coefficient (Wildman–Crippen LogP) is 5.05. The van der Waals surface area contributed by atoms with Crippen LogP contribution in [0.4, 0.5) is 0 Å². The molecule has 0 heterocycles. The van der Waals surface area contributed by atoms with Crippen molar-refractivity contribution in [1.82, 2.24) is 0 Å². The lowest BCUT2D eigenvalue weighted by Gasteiger charge is -2.33. The van der Waals surface area contributed by atoms with Crippen LogP contribution >= 0.6 is 0 Å². The Balaban J connectivity index is 2.57. The molecule has 2 rings (SSSR count). The Morgan fingerprint density at radius 1 is 1.05 bits per heavy atom. The van der Waals surface area contributed by atoms with E-state index < -0.39 is 0 Å². The van der Waals surface area contributed by atoms with E-state index in [-0.39, 0.29) is 5.41 Å². The maximum absolute atomic E-state index is 10.4. The molecule has 0 fully saturated rings. The van der Waals surface area contributed by atoms with Crippen molar-refractivity contribution in [3.05, 3.63) is 65.2 Å². The molecule has 106 valence electrons. The molecule has 1 heteroatoms. The first-order chi connectivity index (χ1) is 9.43. The summed E-state index contributed by atoms with van der Waals surface area (Å²) in [5, 5.41) is 10.4. The Bertz CT molecular complexity index is 572. The monoisotopic (exact) mass is 268 g/mol. The van der Waals surface area contributed by atoms with E-state index in [4.69, 9.17) is 0 Å². The minimum Gasteiger partial charge on any atom is -0.508 e. The van der Waals surface area contributed by atoms with Crippen molar-refractivity contribution in [2.75, 3.05) is 0 Å². The molecule has 0 radical (unpaired) electrons. The normalized spacial score (nSPS) is 14.2. The summed E-state index contributed by atoms with van der Waals surface area (Å²) in [6.07, 6.45) is 1.01. The summed E-state index contributed by atoms with van der Waals surface area (Å²) in [5.41, 5.74) is 3.20. The Morgan fingerprint density at radius 3 is 2.25 bits per heavy atom. The average molecular weight is 268 g/mol. The van der Waals surface area contributed by atoms with Crippen LogP contribution in [0.5, 0.6) is 5.75 Å². The average Bonchev–Trinajstić information content (AvgIpc) is 2.38. The quantitative estimate of drug-likeness (QED) is 0.822. The summed E-state index contributed by atoms with van der Waals surface area (Å²) in [5.74, 6) is 0.956. The topological polar surface area (TPSA) is 20.2 Å². The fourth-order valence-electron chi connectivity index (χ4n) is 3.11. The molecule has 2 aromatic carbocycles. The van der Waals surface area contributed by atoms with Crippen LogP contribution in [0.15, 0.2) is 48.5 Å². The lowest BCUT2D eigenvalue weighted by molar-refractivity contribution is 0.398. The predicted molar refractivity (Wildman–Crippen MR) is 85.2 cm³/mol. The molecule has 0 aliphatic rings. The number of aromatic hydroxyl groups is 1. The number of aryl methyl sites for hydroxylation is 1. The molecule has 1 N–H and O–H groups in total. The van der Waals surface area contributed by atoms with Gasteiger partial charge in [-0.25, -0.2) is 0 Å². The Kier molecular flexibility index (Phi) is 4.17. The van der Waals surface area contributed by atoms with Gasteiger partial charge in [0, 0.05) is 11.0 Å². The number of hydrogen-bond acceptors (Lipinski definition) is 1. The van der Waals surface area contributed by atoms with Crippen LogP contribution in [-0.4, -0.2) is 5.11 Å². The first-order valence-corrected chi connectivity index (χ1v) is 7.29. The number of rotatable bonds is 4. The van der Waals surface area contributed by atoms with Gasteiger partial charge in [-0.05, 0) is 36.5 Å². The second-order valence-corrected chi connectivity index (χ2v) is 6.32. The third kappa shape index (κ3) is 2.87. The fourth-order valence-corrected chi connectivity index (χ4v) is 3.11. The number of phenolic OH excluding ortho intramolecular Hbond substituents is 1. The standard InChI is InChI=1S/C19H24O/c1-14(2)13-19(4,16-8-6-5-7-9-16)17-11-10-15(3)12-18(17)20/h5-12,14,20H,13H2,1-4H3. The second-order valence-electron chi connectivity index (χ2n) is 6.32. The van der Waals surface area contributed by atoms with Gasteiger partial charge in [-0.3, -0.25) is 0 Å². The molecule has 0 saturated heterocycles. The molecule has 0 aromatic heterocycles. The van der Waals surface area contributed by atoms with Crippen LogP contribution in [0.3, 0.4) is 0 Å². The molecule has 0 saturated carbocycles. The summed E-state index contributed by atoms with van der Waals surface area (Å²) in [6.45, 7) is 8.69. The molecule has 20 heavy (non-hydrogen) atoms. The molecule has 1 atom stereocenters. The van der Waals surface area contributed by atoms with E-state index >= 15 is 0 Å². The molecular formula is C19H24O. The van der Waals surface area contributed by atoms with Gasteiger partial charge in [0.15, 0.2) is 0 Å². The third-order valence-corrected chi connectivity index (χ3v) is 3.98. The smallest absolute Gasteiger partial charge is 0.119 e. The summed E-state index contributed by atoms with van der Waals surface area (Å²) in [4.78, 5) is 0. The zero-order chi connectivity index (χ0) is 14.8. The number of benzene rings is 2. The van der Waals surface area contributed by atoms with E-state index in [0.717, 1.165) is 17.5 Å². The van der Waals surface area contributed by atoms with Gasteiger partial charge in [0.05, 0.1) is 0 Å². The zero-order valence-corrected chi connectivity index (χ0v) is 12.9. The van der Waals surface area contributed by atoms with Crippen molar-refractivity contribution in [2.24, 2.45) is 5.92 Å². The van der Waals surface area contributed by atoms with Crippen LogP contribution in [0, 0.1) is 12.8 Å². The van der Waals surface area contributed by atoms with Crippen molar-refractivity contribution in [2.45, 2.75) is 39.5 Å². The number of hydrogen-bond donors (Lipinski definition) is 1. The van der Waals surface area contributed by atoms with Gasteiger partial charge in [-0.2, -0.15) is 0 Å². The molecule has 0 spiro atoms. The Hall–Kier alpha value is -1.76. The van der Waals surface area contributed by atoms with E-state index in [1.165, 1.54) is 5.56 Å². The highest BCUT2D eigenvalue weighted by Crippen LogP contribution is 2.41. The highest BCUT2D eigenvalue weighted by molar-refractivity contribution is 5.47. The van der Waals surface area contributed by atoms with Crippen molar-refractivity contribution in [1.29, 1.82) is 0 Å². The molecule has 0 aliphatic heterocycles. The maximum atomic E-state index is 10.4. The van der Waals surface area contributed by atoms with Gasteiger partial charge in [-0.15, -0.1) is 0 Å². The van der Waals surface area contributed by atoms with Crippen LogP contribution in [-0.2, 0) is 5.41 Å². The molecule has 0 amide bonds. The summed E-state index contributed by atoms with van der Waals surface area (Å²) < 4.78 is 0. The van der Waals surface area contributed by atoms with E-state index in [1.807, 2.05) is 19.1 Å². The third-order valence-electron chi connectivity index (χ3n) is 3.98. The van der Waals surface area contributed by atoms with Gasteiger partial charge in [0.1, 0.15) is 5.75 Å². The van der Waals surface area contributed by atoms with Crippen molar-refractivity contribution >= 4 is 0 Å². The molecule has 1 nitrogen and oxygen atoms in total. The van der Waals surface area contributed by atoms with Gasteiger partial charge in [-0.1, -0.05) is 63.2 Å². The van der Waals surface area contributed by atoms with Crippen molar-refractivity contribution in [3.8, 4) is 5.75 Å². The first kappa shape index (κ1) is 14.6. The first-order valence-electron chi connectivity index (χ1n) is 7.29. The fraction of sp³-hybridized carbons (Fsp3) is 0.368. The van der Waals surface area contributed by atoms with Crippen LogP contribution in [0.2, 0.25) is 0 Å². The van der Waals surface area contributed by atoms with E-state index in [9.17, 15) is 5.11 Å². The molecular weight excluding hydrogens is 244 g/mol. The van der Waals surface area contributed by atoms with Crippen LogP contribution in [0.1, 0.15) is 43.9 Å². The molecule has 1 unspecified atom stereocenters. The van der Waals surface area contributed by atoms with Crippen molar-refractivity contribution < 1.29 is 5.11 Å². The summed E-state index contributed by atoms with van der Waals surface area (Å²) in [6, 6.07) is 16.5. The molecule has 2 aromatic rings. The Labute approximate surface area is 122 Å². The SMILES string of the molecule is Cc1ccc(C(C)(CC(C)C)c2ccccc2)c(O)c1. The lowest BCUT2D eigenvalue weighted by Crippen LogP contribution is -2.26. The summed E-state index contributed by atoms with van der Waals surface area (Å²) in [7, 11) is 0. The highest BCUT2D eigenvalue weighted by Gasteiger charge is 2.32. The van der Waals surface area contributed by atoms with E-state index in [1.54, 1.807) is 0 Å². The minimum absolute atomic E-state index is 0.160. The van der Waals surface area contributed by atoms with Crippen LogP contribution < -0.4 is 0 Å². The van der Waals surface area contributed by atoms with Gasteiger partial charge >= 0.3 is 0 Å². The lowest BCUT2D eigenvalue weighted by atomic mass is 9.70. The second kappa shape index (κ2) is 5.70. The zero-order valence-electron chi connectivity index (χ0n) is 12.9.